The highest BCUT2D eigenvalue weighted by Crippen LogP contribution is 2.53. The van der Waals surface area contributed by atoms with Crippen molar-refractivity contribution >= 4 is 44.6 Å². The number of rotatable bonds is 10. The molecule has 7 heteroatoms. The van der Waals surface area contributed by atoms with Gasteiger partial charge in [-0.15, -0.1) is 0 Å². The average Bonchev–Trinajstić information content (AvgIpc) is 1.81. The monoisotopic (exact) mass is 1170 g/mol. The fourth-order valence-electron chi connectivity index (χ4n) is 12.5. The zero-order valence-corrected chi connectivity index (χ0v) is 53.1. The summed E-state index contributed by atoms with van der Waals surface area (Å²) in [6.07, 6.45) is 1.91. The maximum atomic E-state index is 15.9. The molecule has 0 unspecified atom stereocenters. The summed E-state index contributed by atoms with van der Waals surface area (Å²) in [5.41, 5.74) is 19.2. The second-order valence-corrected chi connectivity index (χ2v) is 28.1. The lowest BCUT2D eigenvalue weighted by Gasteiger charge is -2.32. The molecule has 0 saturated heterocycles. The van der Waals surface area contributed by atoms with Crippen molar-refractivity contribution in [3.8, 4) is 73.0 Å². The molecule has 12 aromatic rings. The SMILES string of the molecule is CC(C)(C)c1cc(-c2cc(C(C)(C)C)cc(-c3cc(F)cc(F)c3)c2N2CN(c3cc(Oc4ccc5c6ccccc6n(-c6cc(C(C)(C)C)ccn6)c5c4)cc(-c4cc(-c5ccccc5)cc(-c5ccccc5)c4)c3)c3ccccc32)cc(C(C)(C)C)c1. The van der Waals surface area contributed by atoms with Gasteiger partial charge in [-0.25, -0.2) is 13.8 Å². The average molecular weight is 1170 g/mol. The second kappa shape index (κ2) is 22.2. The Bertz CT molecular complexity index is 4580. The minimum Gasteiger partial charge on any atom is -0.457 e. The van der Waals surface area contributed by atoms with Crippen LogP contribution in [0.4, 0.5) is 31.5 Å². The molecular formula is C82H76F2N4O. The third kappa shape index (κ3) is 11.5. The maximum absolute atomic E-state index is 15.9. The van der Waals surface area contributed by atoms with Crippen LogP contribution in [-0.2, 0) is 21.7 Å². The number of para-hydroxylation sites is 3. The van der Waals surface area contributed by atoms with E-state index in [0.29, 0.717) is 23.7 Å². The largest absolute Gasteiger partial charge is 0.457 e. The van der Waals surface area contributed by atoms with E-state index in [4.69, 9.17) is 9.72 Å². The summed E-state index contributed by atoms with van der Waals surface area (Å²) in [5.74, 6) is 0.892. The number of fused-ring (bicyclic) bond motifs is 4. The smallest absolute Gasteiger partial charge is 0.137 e. The predicted molar refractivity (Wildman–Crippen MR) is 369 cm³/mol. The van der Waals surface area contributed by atoms with E-state index in [1.54, 1.807) is 0 Å². The van der Waals surface area contributed by atoms with Crippen LogP contribution in [0.2, 0.25) is 0 Å². The fraction of sp³-hybridized carbons (Fsp3) is 0.207. The minimum atomic E-state index is -0.634. The van der Waals surface area contributed by atoms with Crippen molar-refractivity contribution in [3.05, 3.63) is 265 Å². The number of pyridine rings is 1. The van der Waals surface area contributed by atoms with E-state index < -0.39 is 11.6 Å². The number of halogens is 2. The van der Waals surface area contributed by atoms with Crippen molar-refractivity contribution in [2.24, 2.45) is 0 Å². The summed E-state index contributed by atoms with van der Waals surface area (Å²) >= 11 is 0. The maximum Gasteiger partial charge on any atom is 0.137 e. The Labute approximate surface area is 523 Å². The first-order chi connectivity index (χ1) is 42.4. The van der Waals surface area contributed by atoms with Crippen molar-refractivity contribution in [3.63, 3.8) is 0 Å². The number of nitrogens with zero attached hydrogens (tertiary/aromatic N) is 4. The first kappa shape index (κ1) is 58.4. The summed E-state index contributed by atoms with van der Waals surface area (Å²) in [6.45, 7) is 27.2. The van der Waals surface area contributed by atoms with Crippen molar-refractivity contribution in [2.75, 3.05) is 16.5 Å². The molecule has 1 aliphatic rings. The molecule has 0 bridgehead atoms. The van der Waals surface area contributed by atoms with Gasteiger partial charge in [-0.3, -0.25) is 4.57 Å². The van der Waals surface area contributed by atoms with E-state index in [1.807, 2.05) is 6.20 Å². The third-order valence-electron chi connectivity index (χ3n) is 17.5. The van der Waals surface area contributed by atoms with Crippen molar-refractivity contribution in [2.45, 2.75) is 105 Å². The van der Waals surface area contributed by atoms with Crippen LogP contribution in [0.25, 0.3) is 83.3 Å². The lowest BCUT2D eigenvalue weighted by atomic mass is 9.77. The highest BCUT2D eigenvalue weighted by atomic mass is 19.1. The van der Waals surface area contributed by atoms with E-state index in [9.17, 15) is 0 Å². The van der Waals surface area contributed by atoms with Crippen LogP contribution in [0.15, 0.2) is 231 Å². The van der Waals surface area contributed by atoms with Gasteiger partial charge >= 0.3 is 0 Å². The highest BCUT2D eigenvalue weighted by Gasteiger charge is 2.35. The molecule has 5 nitrogen and oxygen atoms in total. The molecule has 0 N–H and O–H groups in total. The Kier molecular flexibility index (Phi) is 14.6. The third-order valence-corrected chi connectivity index (χ3v) is 17.5. The summed E-state index contributed by atoms with van der Waals surface area (Å²) in [7, 11) is 0. The number of anilines is 4. The zero-order chi connectivity index (χ0) is 62.3. The summed E-state index contributed by atoms with van der Waals surface area (Å²) in [6, 6.07) is 77.6. The molecule has 89 heavy (non-hydrogen) atoms. The molecular weight excluding hydrogens is 1090 g/mol. The van der Waals surface area contributed by atoms with Crippen LogP contribution in [0.5, 0.6) is 11.5 Å². The molecule has 0 aliphatic carbocycles. The van der Waals surface area contributed by atoms with Crippen LogP contribution in [0, 0.1) is 11.6 Å². The Hall–Kier alpha value is -9.59. The van der Waals surface area contributed by atoms with Gasteiger partial charge in [0.15, 0.2) is 0 Å². The Balaban J connectivity index is 1.04. The number of hydrogen-bond acceptors (Lipinski definition) is 4. The minimum absolute atomic E-state index is 0.0841. The molecule has 0 amide bonds. The van der Waals surface area contributed by atoms with Gasteiger partial charge in [0.25, 0.3) is 0 Å². The van der Waals surface area contributed by atoms with E-state index >= 15 is 8.78 Å². The van der Waals surface area contributed by atoms with Crippen molar-refractivity contribution < 1.29 is 13.5 Å². The van der Waals surface area contributed by atoms with Gasteiger partial charge in [0.2, 0.25) is 0 Å². The van der Waals surface area contributed by atoms with Crippen LogP contribution in [0.3, 0.4) is 0 Å². The molecule has 10 aromatic carbocycles. The first-order valence-corrected chi connectivity index (χ1v) is 31.0. The van der Waals surface area contributed by atoms with E-state index in [2.05, 4.69) is 304 Å². The fourth-order valence-corrected chi connectivity index (χ4v) is 12.5. The molecule has 2 aromatic heterocycles. The van der Waals surface area contributed by atoms with Gasteiger partial charge in [-0.05, 0) is 185 Å². The van der Waals surface area contributed by atoms with Gasteiger partial charge in [0.1, 0.15) is 35.6 Å². The molecule has 0 fully saturated rings. The Morgan fingerprint density at radius 2 is 0.854 bits per heavy atom. The van der Waals surface area contributed by atoms with Gasteiger partial charge in [-0.2, -0.15) is 0 Å². The van der Waals surface area contributed by atoms with Crippen LogP contribution < -0.4 is 14.5 Å². The number of hydrogen-bond donors (Lipinski definition) is 0. The van der Waals surface area contributed by atoms with Crippen molar-refractivity contribution in [1.29, 1.82) is 0 Å². The summed E-state index contributed by atoms with van der Waals surface area (Å²) < 4.78 is 41.3. The van der Waals surface area contributed by atoms with Gasteiger partial charge in [-0.1, -0.05) is 192 Å². The van der Waals surface area contributed by atoms with Gasteiger partial charge in [0, 0.05) is 52.0 Å². The van der Waals surface area contributed by atoms with Gasteiger partial charge in [0.05, 0.1) is 28.1 Å². The highest BCUT2D eigenvalue weighted by molar-refractivity contribution is 6.09. The van der Waals surface area contributed by atoms with E-state index in [-0.39, 0.29) is 21.7 Å². The number of benzene rings is 10. The Morgan fingerprint density at radius 3 is 1.44 bits per heavy atom. The normalized spacial score (nSPS) is 13.0. The zero-order valence-electron chi connectivity index (χ0n) is 53.1. The first-order valence-electron chi connectivity index (χ1n) is 31.0. The van der Waals surface area contributed by atoms with Crippen molar-refractivity contribution in [1.82, 2.24) is 9.55 Å². The molecule has 0 spiro atoms. The summed E-state index contributed by atoms with van der Waals surface area (Å²) in [5, 5.41) is 2.23. The molecule has 0 radical (unpaired) electrons. The molecule has 13 rings (SSSR count). The van der Waals surface area contributed by atoms with E-state index in [1.165, 1.54) is 28.8 Å². The Morgan fingerprint density at radius 1 is 0.360 bits per heavy atom. The quantitative estimate of drug-likeness (QED) is 0.137. The molecule has 3 heterocycles. The van der Waals surface area contributed by atoms with E-state index in [0.717, 1.165) is 112 Å². The molecule has 1 aliphatic heterocycles. The number of ether oxygens (including phenoxy) is 1. The van der Waals surface area contributed by atoms with Crippen LogP contribution in [-0.4, -0.2) is 16.2 Å². The summed E-state index contributed by atoms with van der Waals surface area (Å²) in [4.78, 5) is 9.69. The van der Waals surface area contributed by atoms with Gasteiger partial charge < -0.3 is 14.5 Å². The lowest BCUT2D eigenvalue weighted by molar-refractivity contribution is 0.483. The number of aromatic nitrogens is 2. The van der Waals surface area contributed by atoms with Crippen LogP contribution >= 0.6 is 0 Å². The topological polar surface area (TPSA) is 33.5 Å². The second-order valence-electron chi connectivity index (χ2n) is 28.1. The lowest BCUT2D eigenvalue weighted by Crippen LogP contribution is -2.25. The molecule has 444 valence electrons. The molecule has 0 saturated carbocycles. The van der Waals surface area contributed by atoms with Crippen LogP contribution in [0.1, 0.15) is 105 Å². The predicted octanol–water partition coefficient (Wildman–Crippen LogP) is 23.0. The molecule has 0 atom stereocenters. The standard InChI is InChI=1S/C82H76F2N4O/c1-79(2,3)60-33-34-85-77(47-60)88-73-28-20-19-27-69(73)70-32-31-67(50-76(70)88)89-68-43-57(56-36-54(52-23-15-13-16-24-52)35-55(37-56)53-25-17-14-18-26-53)42-66(49-68)86-51-87(75-30-22-21-29-74(75)86)78-71(58-38-61(80(4,5)6)44-62(39-58)81(7,8)9)45-63(82(10,11)12)46-72(78)59-40-64(83)48-65(84)41-59/h13-50H,51H2,1-12H3.